The summed E-state index contributed by atoms with van der Waals surface area (Å²) in [5, 5.41) is -0.0172. The van der Waals surface area contributed by atoms with Crippen LogP contribution in [0.25, 0.3) is 0 Å². The van der Waals surface area contributed by atoms with Crippen LogP contribution in [0.2, 0.25) is 0 Å². The summed E-state index contributed by atoms with van der Waals surface area (Å²) in [5.41, 5.74) is -0.650. The third kappa shape index (κ3) is 27.3. The summed E-state index contributed by atoms with van der Waals surface area (Å²) in [6, 6.07) is 0. The number of rotatable bonds is 35. The number of unbranched alkanes of at least 4 members (excludes halogenated alkanes) is 27. The minimum absolute atomic E-state index is 0.0172. The molecule has 0 saturated carbocycles. The van der Waals surface area contributed by atoms with Gasteiger partial charge in [0.15, 0.2) is 0 Å². The smallest absolute Gasteiger partial charge is 0.217 e. The van der Waals surface area contributed by atoms with Gasteiger partial charge in [-0.3, -0.25) is 4.79 Å². The van der Waals surface area contributed by atoms with Crippen molar-refractivity contribution in [2.24, 2.45) is 0 Å². The maximum atomic E-state index is 12.9. The molecular weight excluding hydrogens is 520 g/mol. The zero-order valence-corrected chi connectivity index (χ0v) is 29.5. The standard InChI is InChI=1S/C38H76O2S/c1-4-7-10-13-16-19-22-25-28-31-34-38(37(39)41,35-32-29-26-23-20-17-14-11-8-5-2)40-36-33-30-27-24-21-18-15-12-9-6-3/h4-36H2,1-3H3,(H,39,41). The molecule has 3 heteroatoms. The molecule has 0 saturated heterocycles. The summed E-state index contributed by atoms with van der Waals surface area (Å²) in [6.07, 6.45) is 41.4. The molecule has 0 amide bonds. The lowest BCUT2D eigenvalue weighted by atomic mass is 9.90. The molecule has 0 atom stereocenters. The third-order valence-electron chi connectivity index (χ3n) is 9.13. The molecule has 0 heterocycles. The second-order valence-corrected chi connectivity index (χ2v) is 13.6. The fourth-order valence-corrected chi connectivity index (χ4v) is 6.49. The highest BCUT2D eigenvalue weighted by Crippen LogP contribution is 2.30. The second-order valence-electron chi connectivity index (χ2n) is 13.2. The van der Waals surface area contributed by atoms with Crippen molar-refractivity contribution in [1.82, 2.24) is 0 Å². The monoisotopic (exact) mass is 597 g/mol. The Morgan fingerprint density at radius 2 is 0.659 bits per heavy atom. The minimum atomic E-state index is -0.650. The first-order chi connectivity index (χ1) is 20.1. The second kappa shape index (κ2) is 32.9. The van der Waals surface area contributed by atoms with Crippen LogP contribution >= 0.6 is 12.6 Å². The Balaban J connectivity index is 4.39. The molecule has 0 bridgehead atoms. The summed E-state index contributed by atoms with van der Waals surface area (Å²) < 4.78 is 6.50. The van der Waals surface area contributed by atoms with Crippen LogP contribution in [0, 0.1) is 0 Å². The maximum Gasteiger partial charge on any atom is 0.217 e. The van der Waals surface area contributed by atoms with Gasteiger partial charge in [0, 0.05) is 6.61 Å². The predicted molar refractivity (Wildman–Crippen MR) is 187 cm³/mol. The Morgan fingerprint density at radius 3 is 0.927 bits per heavy atom. The van der Waals surface area contributed by atoms with E-state index in [9.17, 15) is 4.79 Å². The zero-order valence-electron chi connectivity index (χ0n) is 28.6. The van der Waals surface area contributed by atoms with Crippen LogP contribution in [0.1, 0.15) is 226 Å². The van der Waals surface area contributed by atoms with Crippen molar-refractivity contribution in [1.29, 1.82) is 0 Å². The average Bonchev–Trinajstić information content (AvgIpc) is 2.97. The van der Waals surface area contributed by atoms with Crippen LogP contribution < -0.4 is 0 Å². The number of carbonyl (C=O) groups excluding carboxylic acids is 1. The summed E-state index contributed by atoms with van der Waals surface area (Å²) >= 11 is 4.42. The number of thiol groups is 1. The molecule has 0 aliphatic heterocycles. The van der Waals surface area contributed by atoms with Crippen molar-refractivity contribution in [3.63, 3.8) is 0 Å². The van der Waals surface area contributed by atoms with Crippen molar-refractivity contribution in [2.75, 3.05) is 6.61 Å². The highest BCUT2D eigenvalue weighted by atomic mass is 32.1. The Hall–Kier alpha value is -0.0200. The molecule has 41 heavy (non-hydrogen) atoms. The first-order valence-electron chi connectivity index (χ1n) is 19.0. The van der Waals surface area contributed by atoms with Gasteiger partial charge < -0.3 is 4.74 Å². The fraction of sp³-hybridized carbons (Fsp3) is 0.974. The van der Waals surface area contributed by atoms with Crippen LogP contribution in [0.5, 0.6) is 0 Å². The summed E-state index contributed by atoms with van der Waals surface area (Å²) in [6.45, 7) is 7.57. The van der Waals surface area contributed by atoms with Gasteiger partial charge in [0.25, 0.3) is 0 Å². The van der Waals surface area contributed by atoms with E-state index >= 15 is 0 Å². The first kappa shape index (κ1) is 41.0. The summed E-state index contributed by atoms with van der Waals surface area (Å²) in [4.78, 5) is 12.9. The van der Waals surface area contributed by atoms with Gasteiger partial charge in [-0.25, -0.2) is 0 Å². The Labute approximate surface area is 265 Å². The molecule has 0 spiro atoms. The first-order valence-corrected chi connectivity index (χ1v) is 19.4. The van der Waals surface area contributed by atoms with E-state index in [0.717, 1.165) is 38.7 Å². The highest BCUT2D eigenvalue weighted by molar-refractivity contribution is 7.96. The molecule has 0 rings (SSSR count). The van der Waals surface area contributed by atoms with Crippen molar-refractivity contribution >= 4 is 17.7 Å². The van der Waals surface area contributed by atoms with Gasteiger partial charge in [-0.2, -0.15) is 0 Å². The Morgan fingerprint density at radius 1 is 0.415 bits per heavy atom. The zero-order chi connectivity index (χ0) is 30.1. The van der Waals surface area contributed by atoms with Crippen LogP contribution in [0.3, 0.4) is 0 Å². The normalized spacial score (nSPS) is 11.9. The van der Waals surface area contributed by atoms with E-state index in [4.69, 9.17) is 4.74 Å². The van der Waals surface area contributed by atoms with Gasteiger partial charge in [0.1, 0.15) is 5.60 Å². The van der Waals surface area contributed by atoms with E-state index in [-0.39, 0.29) is 5.12 Å². The summed E-state index contributed by atoms with van der Waals surface area (Å²) in [7, 11) is 0. The molecular formula is C38H76O2S. The molecule has 0 N–H and O–H groups in total. The number of hydrogen-bond acceptors (Lipinski definition) is 2. The highest BCUT2D eigenvalue weighted by Gasteiger charge is 2.36. The molecule has 0 aromatic rings. The van der Waals surface area contributed by atoms with Crippen LogP contribution in [-0.2, 0) is 9.53 Å². The Kier molecular flexibility index (Phi) is 32.9. The molecule has 246 valence electrons. The van der Waals surface area contributed by atoms with Gasteiger partial charge in [0.05, 0.1) is 0 Å². The predicted octanol–water partition coefficient (Wildman–Crippen LogP) is 13.7. The molecule has 0 aliphatic carbocycles. The Bertz CT molecular complexity index is 496. The van der Waals surface area contributed by atoms with Crippen LogP contribution in [0.15, 0.2) is 0 Å². The average molecular weight is 597 g/mol. The van der Waals surface area contributed by atoms with Crippen LogP contribution in [-0.4, -0.2) is 17.3 Å². The third-order valence-corrected chi connectivity index (χ3v) is 9.54. The van der Waals surface area contributed by atoms with Gasteiger partial charge >= 0.3 is 0 Å². The number of ether oxygens (including phenoxy) is 1. The number of hydrogen-bond donors (Lipinski definition) is 1. The van der Waals surface area contributed by atoms with Crippen molar-refractivity contribution in [2.45, 2.75) is 232 Å². The number of carbonyl (C=O) groups is 1. The molecule has 2 nitrogen and oxygen atoms in total. The lowest BCUT2D eigenvalue weighted by molar-refractivity contribution is -0.138. The largest absolute Gasteiger partial charge is 0.366 e. The lowest BCUT2D eigenvalue weighted by Gasteiger charge is -2.31. The topological polar surface area (TPSA) is 26.3 Å². The van der Waals surface area contributed by atoms with Crippen molar-refractivity contribution in [3.05, 3.63) is 0 Å². The molecule has 0 aromatic heterocycles. The van der Waals surface area contributed by atoms with E-state index in [0.29, 0.717) is 0 Å². The minimum Gasteiger partial charge on any atom is -0.366 e. The molecule has 0 aromatic carbocycles. The van der Waals surface area contributed by atoms with Crippen molar-refractivity contribution in [3.8, 4) is 0 Å². The quantitative estimate of drug-likeness (QED) is 0.0581. The summed E-state index contributed by atoms with van der Waals surface area (Å²) in [5.74, 6) is 0. The SMILES string of the molecule is CCCCCCCCCCCCOC(CCCCCCCCCCCC)(CCCCCCCCCCCC)C(=O)S. The fourth-order valence-electron chi connectivity index (χ4n) is 6.20. The van der Waals surface area contributed by atoms with E-state index < -0.39 is 5.60 Å². The maximum absolute atomic E-state index is 12.9. The van der Waals surface area contributed by atoms with Gasteiger partial charge in [-0.1, -0.05) is 207 Å². The molecule has 0 unspecified atom stereocenters. The molecule has 0 radical (unpaired) electrons. The van der Waals surface area contributed by atoms with Crippen LogP contribution in [0.4, 0.5) is 0 Å². The van der Waals surface area contributed by atoms with E-state index in [1.807, 2.05) is 0 Å². The molecule has 0 fully saturated rings. The van der Waals surface area contributed by atoms with E-state index in [1.54, 1.807) is 0 Å². The van der Waals surface area contributed by atoms with Gasteiger partial charge in [0.2, 0.25) is 5.12 Å². The lowest BCUT2D eigenvalue weighted by Crippen LogP contribution is -2.39. The molecule has 0 aliphatic rings. The van der Waals surface area contributed by atoms with E-state index in [1.165, 1.54) is 173 Å². The van der Waals surface area contributed by atoms with E-state index in [2.05, 4.69) is 33.4 Å². The van der Waals surface area contributed by atoms with Gasteiger partial charge in [-0.15, -0.1) is 12.6 Å². The van der Waals surface area contributed by atoms with Crippen molar-refractivity contribution < 1.29 is 9.53 Å². The van der Waals surface area contributed by atoms with Gasteiger partial charge in [-0.05, 0) is 19.3 Å².